The first-order valence-electron chi connectivity index (χ1n) is 11.0. The lowest BCUT2D eigenvalue weighted by Crippen LogP contribution is -3.28. The van der Waals surface area contributed by atoms with Gasteiger partial charge in [-0.25, -0.2) is 4.39 Å². The number of rotatable bonds is 9. The summed E-state index contributed by atoms with van der Waals surface area (Å²) >= 11 is 0. The van der Waals surface area contributed by atoms with Gasteiger partial charge in [0.1, 0.15) is 32.0 Å². The average Bonchev–Trinajstić information content (AvgIpc) is 2.74. The van der Waals surface area contributed by atoms with E-state index >= 15 is 0 Å². The second kappa shape index (κ2) is 11.6. The predicted molar refractivity (Wildman–Crippen MR) is 119 cm³/mol. The van der Waals surface area contributed by atoms with E-state index in [-0.39, 0.29) is 23.7 Å². The van der Waals surface area contributed by atoms with E-state index in [4.69, 9.17) is 0 Å². The molecule has 2 aromatic rings. The molecule has 1 heterocycles. The Morgan fingerprint density at radius 1 is 0.935 bits per heavy atom. The Morgan fingerprint density at radius 3 is 2.23 bits per heavy atom. The van der Waals surface area contributed by atoms with Crippen molar-refractivity contribution in [3.8, 4) is 0 Å². The molecule has 0 aliphatic carbocycles. The van der Waals surface area contributed by atoms with Crippen LogP contribution in [-0.2, 0) is 16.0 Å². The molecule has 2 amide bonds. The summed E-state index contributed by atoms with van der Waals surface area (Å²) in [5.41, 5.74) is 1.77. The van der Waals surface area contributed by atoms with Crippen molar-refractivity contribution in [3.05, 3.63) is 66.0 Å². The van der Waals surface area contributed by atoms with Crippen molar-refractivity contribution < 1.29 is 23.8 Å². The Kier molecular flexibility index (Phi) is 8.55. The molecule has 0 bridgehead atoms. The first kappa shape index (κ1) is 22.9. The molecule has 0 spiro atoms. The highest BCUT2D eigenvalue weighted by molar-refractivity contribution is 5.91. The van der Waals surface area contributed by atoms with Gasteiger partial charge in [-0.15, -0.1) is 0 Å². The fourth-order valence-corrected chi connectivity index (χ4v) is 3.96. The van der Waals surface area contributed by atoms with Gasteiger partial charge in [0.25, 0.3) is 11.8 Å². The second-order valence-corrected chi connectivity index (χ2v) is 8.40. The van der Waals surface area contributed by atoms with Crippen LogP contribution in [0.5, 0.6) is 0 Å². The molecule has 0 saturated carbocycles. The zero-order valence-corrected chi connectivity index (χ0v) is 18.1. The topological polar surface area (TPSA) is 67.1 Å². The van der Waals surface area contributed by atoms with Gasteiger partial charge in [0.15, 0.2) is 13.1 Å². The van der Waals surface area contributed by atoms with Crippen LogP contribution in [0.1, 0.15) is 18.9 Å². The van der Waals surface area contributed by atoms with Crippen molar-refractivity contribution in [1.29, 1.82) is 0 Å². The predicted octanol–water partition coefficient (Wildman–Crippen LogP) is -0.315. The summed E-state index contributed by atoms with van der Waals surface area (Å²) < 4.78 is 13.2. The van der Waals surface area contributed by atoms with Crippen LogP contribution >= 0.6 is 0 Å². The van der Waals surface area contributed by atoms with Gasteiger partial charge in [0.2, 0.25) is 0 Å². The number of nitrogens with one attached hydrogen (secondary N) is 4. The molecule has 7 heteroatoms. The average molecular weight is 429 g/mol. The molecule has 2 aromatic carbocycles. The zero-order valence-electron chi connectivity index (χ0n) is 18.1. The summed E-state index contributed by atoms with van der Waals surface area (Å²) in [7, 11) is 0. The highest BCUT2D eigenvalue weighted by atomic mass is 19.1. The van der Waals surface area contributed by atoms with Gasteiger partial charge < -0.3 is 20.4 Å². The molecular formula is C24H33FN4O2+2. The van der Waals surface area contributed by atoms with Crippen molar-refractivity contribution in [2.45, 2.75) is 25.8 Å². The lowest BCUT2D eigenvalue weighted by molar-refractivity contribution is -1.00. The van der Waals surface area contributed by atoms with Gasteiger partial charge >= 0.3 is 0 Å². The van der Waals surface area contributed by atoms with Gasteiger partial charge in [-0.3, -0.25) is 9.59 Å². The summed E-state index contributed by atoms with van der Waals surface area (Å²) in [5, 5.41) is 5.86. The molecular weight excluding hydrogens is 395 g/mol. The molecule has 166 valence electrons. The monoisotopic (exact) mass is 428 g/mol. The van der Waals surface area contributed by atoms with Crippen LogP contribution in [0.4, 0.5) is 10.1 Å². The van der Waals surface area contributed by atoms with Gasteiger partial charge in [0, 0.05) is 11.7 Å². The molecule has 0 radical (unpaired) electrons. The third-order valence-corrected chi connectivity index (χ3v) is 5.71. The maximum atomic E-state index is 13.2. The minimum atomic E-state index is -0.366. The number of carbonyl (C=O) groups excluding carboxylic acids is 2. The Bertz CT molecular complexity index is 854. The summed E-state index contributed by atoms with van der Waals surface area (Å²) in [5.74, 6) is -0.396. The number of hydrogen-bond donors (Lipinski definition) is 4. The Morgan fingerprint density at radius 2 is 1.58 bits per heavy atom. The number of aryl methyl sites for hydroxylation is 1. The van der Waals surface area contributed by atoms with Crippen molar-refractivity contribution in [1.82, 2.24) is 5.32 Å². The molecule has 31 heavy (non-hydrogen) atoms. The third-order valence-electron chi connectivity index (χ3n) is 5.71. The van der Waals surface area contributed by atoms with Gasteiger partial charge in [-0.2, -0.15) is 0 Å². The maximum absolute atomic E-state index is 13.2. The first-order chi connectivity index (χ1) is 15.0. The van der Waals surface area contributed by atoms with E-state index in [1.807, 2.05) is 18.2 Å². The zero-order chi connectivity index (χ0) is 22.1. The summed E-state index contributed by atoms with van der Waals surface area (Å²) in [4.78, 5) is 27.0. The van der Waals surface area contributed by atoms with E-state index in [2.05, 4.69) is 29.7 Å². The minimum Gasteiger partial charge on any atom is -0.349 e. The van der Waals surface area contributed by atoms with Crippen LogP contribution in [0.3, 0.4) is 0 Å². The van der Waals surface area contributed by atoms with Crippen LogP contribution in [0.25, 0.3) is 0 Å². The summed E-state index contributed by atoms with van der Waals surface area (Å²) in [6.07, 6.45) is 1.87. The molecule has 1 aliphatic rings. The van der Waals surface area contributed by atoms with Gasteiger partial charge in [0.05, 0.1) is 0 Å². The Balaban J connectivity index is 1.32. The van der Waals surface area contributed by atoms with E-state index in [1.54, 1.807) is 12.1 Å². The molecule has 1 aliphatic heterocycles. The normalized spacial score (nSPS) is 19.4. The summed E-state index contributed by atoms with van der Waals surface area (Å²) in [6.45, 7) is 6.26. The molecule has 6 nitrogen and oxygen atoms in total. The number of anilines is 1. The quantitative estimate of drug-likeness (QED) is 0.443. The molecule has 1 fully saturated rings. The van der Waals surface area contributed by atoms with Crippen molar-refractivity contribution in [2.24, 2.45) is 0 Å². The number of amides is 2. The van der Waals surface area contributed by atoms with Gasteiger partial charge in [-0.05, 0) is 43.5 Å². The van der Waals surface area contributed by atoms with E-state index < -0.39 is 0 Å². The fourth-order valence-electron chi connectivity index (χ4n) is 3.96. The van der Waals surface area contributed by atoms with Gasteiger partial charge in [-0.1, -0.05) is 36.4 Å². The van der Waals surface area contributed by atoms with Crippen molar-refractivity contribution >= 4 is 17.5 Å². The largest absolute Gasteiger partial charge is 0.349 e. The van der Waals surface area contributed by atoms with E-state index in [1.165, 1.54) is 27.5 Å². The van der Waals surface area contributed by atoms with E-state index in [9.17, 15) is 14.0 Å². The Hall–Kier alpha value is -2.77. The van der Waals surface area contributed by atoms with E-state index in [0.29, 0.717) is 18.8 Å². The Labute approximate surface area is 183 Å². The number of hydrogen-bond acceptors (Lipinski definition) is 2. The highest BCUT2D eigenvalue weighted by Crippen LogP contribution is 2.08. The smallest absolute Gasteiger partial charge is 0.279 e. The van der Waals surface area contributed by atoms with Crippen LogP contribution in [0.2, 0.25) is 0 Å². The van der Waals surface area contributed by atoms with Crippen LogP contribution < -0.4 is 20.4 Å². The van der Waals surface area contributed by atoms with Crippen molar-refractivity contribution in [3.63, 3.8) is 0 Å². The number of benzene rings is 2. The standard InChI is InChI=1S/C24H31FN4O2/c1-19(10-11-20-6-3-2-4-7-20)26-23(30)17-28-12-14-29(15-13-28)18-24(31)27-22-9-5-8-21(25)16-22/h2-9,16,19H,10-15,17-18H2,1H3,(H,26,30)(H,27,31)/p+2/t19-/m1/s1. The van der Waals surface area contributed by atoms with E-state index in [0.717, 1.165) is 39.0 Å². The van der Waals surface area contributed by atoms with Crippen LogP contribution in [0.15, 0.2) is 54.6 Å². The molecule has 4 N–H and O–H groups in total. The lowest BCUT2D eigenvalue weighted by Gasteiger charge is -2.29. The molecule has 1 saturated heterocycles. The number of piperazine rings is 1. The fraction of sp³-hybridized carbons (Fsp3) is 0.417. The minimum absolute atomic E-state index is 0.0860. The molecule has 0 aromatic heterocycles. The molecule has 1 atom stereocenters. The van der Waals surface area contributed by atoms with Crippen molar-refractivity contribution in [2.75, 3.05) is 44.6 Å². The number of quaternary nitrogens is 2. The van der Waals surface area contributed by atoms with Crippen LogP contribution in [0, 0.1) is 5.82 Å². The highest BCUT2D eigenvalue weighted by Gasteiger charge is 2.26. The molecule has 3 rings (SSSR count). The summed E-state index contributed by atoms with van der Waals surface area (Å²) in [6, 6.07) is 16.4. The molecule has 0 unspecified atom stereocenters. The first-order valence-corrected chi connectivity index (χ1v) is 11.0. The van der Waals surface area contributed by atoms with Crippen LogP contribution in [-0.4, -0.2) is 57.1 Å². The third kappa shape index (κ3) is 8.11. The number of halogens is 1. The second-order valence-electron chi connectivity index (χ2n) is 8.40. The SMILES string of the molecule is C[C@H](CCc1ccccc1)NC(=O)C[NH+]1CC[NH+](CC(=O)Nc2cccc(F)c2)CC1. The lowest BCUT2D eigenvalue weighted by atomic mass is 10.1. The number of carbonyl (C=O) groups is 2. The maximum Gasteiger partial charge on any atom is 0.279 e.